The number of piperidine rings is 1. The normalized spacial score (nSPS) is 21.5. The third kappa shape index (κ3) is 4.11. The molecule has 2 aromatic heterocycles. The maximum atomic E-state index is 14.8. The monoisotopic (exact) mass is 470 g/mol. The summed E-state index contributed by atoms with van der Waals surface area (Å²) < 4.78 is 59.1. The van der Waals surface area contributed by atoms with Gasteiger partial charge in [0.25, 0.3) is 5.91 Å². The second kappa shape index (κ2) is 8.51. The molecule has 2 bridgehead atoms. The molecule has 0 N–H and O–H groups in total. The predicted octanol–water partition coefficient (Wildman–Crippen LogP) is 4.54. The van der Waals surface area contributed by atoms with Gasteiger partial charge in [0.15, 0.2) is 5.82 Å². The van der Waals surface area contributed by atoms with Gasteiger partial charge in [0.1, 0.15) is 11.9 Å². The van der Waals surface area contributed by atoms with Crippen molar-refractivity contribution in [3.8, 4) is 17.3 Å². The summed E-state index contributed by atoms with van der Waals surface area (Å²) in [6.07, 6.45) is 3.04. The molecule has 174 valence electrons. The molecule has 3 aromatic rings. The number of amides is 1. The Labute approximate surface area is 191 Å². The molecule has 0 spiro atoms. The average Bonchev–Trinajstić information content (AvgIpc) is 2.84. The molecule has 6 nitrogen and oxygen atoms in total. The van der Waals surface area contributed by atoms with Crippen LogP contribution in [0.2, 0.25) is 0 Å². The Hall–Kier alpha value is -3.82. The first-order valence-electron chi connectivity index (χ1n) is 10.6. The lowest BCUT2D eigenvalue weighted by Gasteiger charge is -2.46. The SMILES string of the molecule is O=C(c1cccc(F)c1-c1ncccn1)N1CC2C=CC1C(Oc1ccc(C(F)(F)F)cn1)C2. The van der Waals surface area contributed by atoms with Crippen LogP contribution < -0.4 is 4.74 Å². The van der Waals surface area contributed by atoms with E-state index in [1.807, 2.05) is 12.2 Å². The molecule has 1 saturated heterocycles. The summed E-state index contributed by atoms with van der Waals surface area (Å²) in [5.41, 5.74) is -0.734. The van der Waals surface area contributed by atoms with E-state index in [9.17, 15) is 22.4 Å². The molecule has 34 heavy (non-hydrogen) atoms. The number of fused-ring (bicyclic) bond motifs is 2. The topological polar surface area (TPSA) is 68.2 Å². The zero-order valence-electron chi connectivity index (χ0n) is 17.6. The molecule has 3 unspecified atom stereocenters. The van der Waals surface area contributed by atoms with E-state index in [4.69, 9.17) is 4.74 Å². The number of nitrogens with zero attached hydrogens (tertiary/aromatic N) is 4. The van der Waals surface area contributed by atoms with Crippen molar-refractivity contribution in [2.24, 2.45) is 5.92 Å². The summed E-state index contributed by atoms with van der Waals surface area (Å²) in [7, 11) is 0. The maximum absolute atomic E-state index is 14.8. The summed E-state index contributed by atoms with van der Waals surface area (Å²) in [4.78, 5) is 27.1. The van der Waals surface area contributed by atoms with Crippen molar-refractivity contribution in [1.29, 1.82) is 0 Å². The second-order valence-electron chi connectivity index (χ2n) is 8.10. The van der Waals surface area contributed by atoms with Gasteiger partial charge in [-0.1, -0.05) is 18.2 Å². The highest BCUT2D eigenvalue weighted by Crippen LogP contribution is 2.35. The Morgan fingerprint density at radius 1 is 1.03 bits per heavy atom. The van der Waals surface area contributed by atoms with Crippen LogP contribution >= 0.6 is 0 Å². The van der Waals surface area contributed by atoms with Crippen molar-refractivity contribution >= 4 is 5.91 Å². The molecular weight excluding hydrogens is 452 g/mol. The lowest BCUT2D eigenvalue weighted by atomic mass is 9.83. The summed E-state index contributed by atoms with van der Waals surface area (Å²) in [6.45, 7) is 0.409. The van der Waals surface area contributed by atoms with E-state index < -0.39 is 35.6 Å². The molecule has 4 heterocycles. The van der Waals surface area contributed by atoms with Gasteiger partial charge in [-0.2, -0.15) is 13.2 Å². The zero-order valence-corrected chi connectivity index (χ0v) is 17.6. The number of alkyl halides is 3. The van der Waals surface area contributed by atoms with Crippen LogP contribution in [0.4, 0.5) is 17.6 Å². The largest absolute Gasteiger partial charge is 0.472 e. The van der Waals surface area contributed by atoms with Gasteiger partial charge >= 0.3 is 6.18 Å². The lowest BCUT2D eigenvalue weighted by Crippen LogP contribution is -2.57. The first-order valence-corrected chi connectivity index (χ1v) is 10.6. The van der Waals surface area contributed by atoms with Crippen molar-refractivity contribution < 1.29 is 27.1 Å². The third-order valence-electron chi connectivity index (χ3n) is 5.92. The van der Waals surface area contributed by atoms with Crippen LogP contribution in [-0.4, -0.2) is 44.4 Å². The number of aromatic nitrogens is 3. The minimum absolute atomic E-state index is 0.0143. The molecular formula is C24H18F4N4O2. The molecule has 0 saturated carbocycles. The van der Waals surface area contributed by atoms with E-state index in [1.165, 1.54) is 36.7 Å². The summed E-state index contributed by atoms with van der Waals surface area (Å²) in [5, 5.41) is 0. The lowest BCUT2D eigenvalue weighted by molar-refractivity contribution is -0.137. The van der Waals surface area contributed by atoms with Gasteiger partial charge in [-0.3, -0.25) is 4.79 Å². The van der Waals surface area contributed by atoms with Crippen molar-refractivity contribution in [3.63, 3.8) is 0 Å². The summed E-state index contributed by atoms with van der Waals surface area (Å²) in [6, 6.07) is 7.39. The van der Waals surface area contributed by atoms with Crippen LogP contribution in [0, 0.1) is 11.7 Å². The summed E-state index contributed by atoms with van der Waals surface area (Å²) >= 11 is 0. The van der Waals surface area contributed by atoms with Crippen LogP contribution in [0.25, 0.3) is 11.4 Å². The number of carbonyl (C=O) groups excluding carboxylic acids is 1. The predicted molar refractivity (Wildman–Crippen MR) is 113 cm³/mol. The van der Waals surface area contributed by atoms with Gasteiger partial charge in [-0.25, -0.2) is 19.3 Å². The number of ether oxygens (including phenoxy) is 1. The number of halogens is 4. The highest BCUT2D eigenvalue weighted by atomic mass is 19.4. The zero-order chi connectivity index (χ0) is 23.9. The fourth-order valence-electron chi connectivity index (χ4n) is 4.35. The van der Waals surface area contributed by atoms with E-state index in [2.05, 4.69) is 15.0 Å². The van der Waals surface area contributed by atoms with E-state index in [0.29, 0.717) is 19.2 Å². The van der Waals surface area contributed by atoms with Crippen molar-refractivity contribution in [2.75, 3.05) is 6.54 Å². The molecule has 2 aliphatic heterocycles. The fourth-order valence-corrected chi connectivity index (χ4v) is 4.35. The number of carbonyl (C=O) groups is 1. The standard InChI is InChI=1S/C24H18F4N4O2/c25-17-4-1-3-16(21(17)22-29-9-2-10-30-22)23(33)32-13-14-5-7-18(32)19(11-14)34-20-8-6-15(12-31-20)24(26,27)28/h1-10,12,14,18-19H,11,13H2. The van der Waals surface area contributed by atoms with Crippen LogP contribution in [-0.2, 0) is 6.18 Å². The van der Waals surface area contributed by atoms with Gasteiger partial charge in [0.2, 0.25) is 5.88 Å². The number of pyridine rings is 1. The van der Waals surface area contributed by atoms with E-state index in [-0.39, 0.29) is 28.7 Å². The molecule has 3 atom stereocenters. The van der Waals surface area contributed by atoms with Crippen LogP contribution in [0.1, 0.15) is 22.3 Å². The number of rotatable bonds is 4. The molecule has 1 aromatic carbocycles. The Bertz CT molecular complexity index is 1230. The quantitative estimate of drug-likeness (QED) is 0.414. The fraction of sp³-hybridized carbons (Fsp3) is 0.250. The van der Waals surface area contributed by atoms with Gasteiger partial charge in [0, 0.05) is 31.2 Å². The van der Waals surface area contributed by atoms with Crippen LogP contribution in [0.3, 0.4) is 0 Å². The highest BCUT2D eigenvalue weighted by molar-refractivity contribution is 6.00. The molecule has 6 rings (SSSR count). The number of hydrogen-bond acceptors (Lipinski definition) is 5. The second-order valence-corrected chi connectivity index (χ2v) is 8.10. The van der Waals surface area contributed by atoms with Gasteiger partial charge in [0.05, 0.1) is 22.7 Å². The first kappa shape index (κ1) is 22.0. The van der Waals surface area contributed by atoms with Crippen molar-refractivity contribution in [1.82, 2.24) is 19.9 Å². The van der Waals surface area contributed by atoms with Crippen LogP contribution in [0.15, 0.2) is 67.1 Å². The molecule has 0 radical (unpaired) electrons. The maximum Gasteiger partial charge on any atom is 0.417 e. The number of hydrogen-bond donors (Lipinski definition) is 0. The molecule has 10 heteroatoms. The molecule has 3 aliphatic rings. The number of benzene rings is 1. The van der Waals surface area contributed by atoms with Gasteiger partial charge < -0.3 is 9.64 Å². The van der Waals surface area contributed by atoms with E-state index in [1.54, 1.807) is 11.0 Å². The minimum Gasteiger partial charge on any atom is -0.472 e. The van der Waals surface area contributed by atoms with Crippen molar-refractivity contribution in [2.45, 2.75) is 24.7 Å². The van der Waals surface area contributed by atoms with Crippen molar-refractivity contribution in [3.05, 3.63) is 84.1 Å². The minimum atomic E-state index is -4.49. The Morgan fingerprint density at radius 2 is 1.82 bits per heavy atom. The molecule has 1 aliphatic carbocycles. The average molecular weight is 470 g/mol. The van der Waals surface area contributed by atoms with E-state index in [0.717, 1.165) is 6.07 Å². The Morgan fingerprint density at radius 3 is 2.50 bits per heavy atom. The van der Waals surface area contributed by atoms with E-state index >= 15 is 0 Å². The smallest absolute Gasteiger partial charge is 0.417 e. The van der Waals surface area contributed by atoms with Gasteiger partial charge in [-0.15, -0.1) is 0 Å². The van der Waals surface area contributed by atoms with Crippen LogP contribution in [0.5, 0.6) is 5.88 Å². The third-order valence-corrected chi connectivity index (χ3v) is 5.92. The molecule has 1 amide bonds. The summed E-state index contributed by atoms with van der Waals surface area (Å²) in [5.74, 6) is -0.899. The first-order chi connectivity index (χ1) is 16.3. The highest BCUT2D eigenvalue weighted by Gasteiger charge is 2.42. The Balaban J connectivity index is 1.41. The molecule has 1 fully saturated rings. The Kier molecular flexibility index (Phi) is 5.51. The van der Waals surface area contributed by atoms with Gasteiger partial charge in [-0.05, 0) is 36.6 Å².